The number of guanidine groups is 1. The second kappa shape index (κ2) is 15.3. The van der Waals surface area contributed by atoms with Crippen molar-refractivity contribution in [2.45, 2.75) is 40.0 Å². The molecule has 1 fully saturated rings. The van der Waals surface area contributed by atoms with E-state index in [2.05, 4.69) is 87.8 Å². The van der Waals surface area contributed by atoms with Gasteiger partial charge >= 0.3 is 0 Å². The predicted molar refractivity (Wildman–Crippen MR) is 148 cm³/mol. The Morgan fingerprint density at radius 1 is 0.879 bits per heavy atom. The SMILES string of the molecule is CCN(CC)Cc1ccccc1CNC(=NC)NCc1ccccc1CN1CCOCC1.I. The minimum Gasteiger partial charge on any atom is -0.379 e. The van der Waals surface area contributed by atoms with Crippen LogP contribution in [0.2, 0.25) is 0 Å². The second-order valence-corrected chi connectivity index (χ2v) is 8.17. The molecule has 0 bridgehead atoms. The molecule has 33 heavy (non-hydrogen) atoms. The van der Waals surface area contributed by atoms with Crippen molar-refractivity contribution >= 4 is 29.9 Å². The number of benzene rings is 2. The summed E-state index contributed by atoms with van der Waals surface area (Å²) >= 11 is 0. The van der Waals surface area contributed by atoms with Gasteiger partial charge in [0, 0.05) is 46.3 Å². The number of aliphatic imine (C=N–C) groups is 1. The molecule has 182 valence electrons. The lowest BCUT2D eigenvalue weighted by atomic mass is 10.1. The molecule has 0 atom stereocenters. The molecule has 7 heteroatoms. The number of morpholine rings is 1. The first kappa shape index (κ1) is 27.6. The van der Waals surface area contributed by atoms with Crippen molar-refractivity contribution in [2.75, 3.05) is 46.4 Å². The molecular formula is C26H40IN5O. The molecule has 2 aromatic carbocycles. The van der Waals surface area contributed by atoms with E-state index < -0.39 is 0 Å². The van der Waals surface area contributed by atoms with Crippen LogP contribution in [0.1, 0.15) is 36.1 Å². The average molecular weight is 566 g/mol. The molecule has 6 nitrogen and oxygen atoms in total. The Morgan fingerprint density at radius 2 is 1.39 bits per heavy atom. The van der Waals surface area contributed by atoms with Crippen molar-refractivity contribution in [3.05, 3.63) is 70.8 Å². The smallest absolute Gasteiger partial charge is 0.191 e. The maximum absolute atomic E-state index is 5.49. The van der Waals surface area contributed by atoms with Crippen LogP contribution < -0.4 is 10.6 Å². The summed E-state index contributed by atoms with van der Waals surface area (Å²) in [5.41, 5.74) is 5.36. The summed E-state index contributed by atoms with van der Waals surface area (Å²) in [5, 5.41) is 7.00. The molecular weight excluding hydrogens is 525 g/mol. The van der Waals surface area contributed by atoms with E-state index in [4.69, 9.17) is 4.74 Å². The highest BCUT2D eigenvalue weighted by atomic mass is 127. The van der Waals surface area contributed by atoms with Gasteiger partial charge in [-0.2, -0.15) is 0 Å². The molecule has 1 saturated heterocycles. The van der Waals surface area contributed by atoms with Gasteiger partial charge in [0.1, 0.15) is 0 Å². The van der Waals surface area contributed by atoms with Gasteiger partial charge < -0.3 is 15.4 Å². The van der Waals surface area contributed by atoms with Gasteiger partial charge in [-0.1, -0.05) is 62.4 Å². The highest BCUT2D eigenvalue weighted by Crippen LogP contribution is 2.14. The van der Waals surface area contributed by atoms with E-state index in [1.165, 1.54) is 22.3 Å². The fourth-order valence-corrected chi connectivity index (χ4v) is 4.04. The van der Waals surface area contributed by atoms with Crippen LogP contribution in [0, 0.1) is 0 Å². The lowest BCUT2D eigenvalue weighted by molar-refractivity contribution is 0.0341. The van der Waals surface area contributed by atoms with Gasteiger partial charge in [-0.05, 0) is 35.3 Å². The van der Waals surface area contributed by atoms with E-state index in [-0.39, 0.29) is 24.0 Å². The first-order valence-electron chi connectivity index (χ1n) is 11.8. The van der Waals surface area contributed by atoms with Gasteiger partial charge in [-0.15, -0.1) is 24.0 Å². The Kier molecular flexibility index (Phi) is 12.8. The standard InChI is InChI=1S/C26H39N5O.HI/c1-4-30(5-2)20-24-12-8-6-10-22(24)18-28-26(27-3)29-19-23-11-7-9-13-25(23)21-31-14-16-32-17-15-31;/h6-13H,4-5,14-21H2,1-3H3,(H2,27,28,29);1H. The Balaban J connectivity index is 0.00000385. The predicted octanol–water partition coefficient (Wildman–Crippen LogP) is 3.84. The van der Waals surface area contributed by atoms with Crippen LogP contribution >= 0.6 is 24.0 Å². The molecule has 0 unspecified atom stereocenters. The minimum atomic E-state index is 0. The van der Waals surface area contributed by atoms with Crippen LogP contribution in [0.4, 0.5) is 0 Å². The Bertz CT molecular complexity index is 850. The van der Waals surface area contributed by atoms with E-state index in [1.807, 2.05) is 7.05 Å². The molecule has 2 aromatic rings. The molecule has 1 aliphatic heterocycles. The summed E-state index contributed by atoms with van der Waals surface area (Å²) in [7, 11) is 1.83. The number of halogens is 1. The summed E-state index contributed by atoms with van der Waals surface area (Å²) < 4.78 is 5.49. The summed E-state index contributed by atoms with van der Waals surface area (Å²) in [6.45, 7) is 13.7. The van der Waals surface area contributed by atoms with Crippen LogP contribution in [0.15, 0.2) is 53.5 Å². The fraction of sp³-hybridized carbons (Fsp3) is 0.500. The highest BCUT2D eigenvalue weighted by molar-refractivity contribution is 14.0. The average Bonchev–Trinajstić information content (AvgIpc) is 2.85. The number of hydrogen-bond acceptors (Lipinski definition) is 4. The van der Waals surface area contributed by atoms with Crippen molar-refractivity contribution in [1.82, 2.24) is 20.4 Å². The lowest BCUT2D eigenvalue weighted by Crippen LogP contribution is -2.38. The molecule has 0 amide bonds. The number of hydrogen-bond donors (Lipinski definition) is 2. The lowest BCUT2D eigenvalue weighted by Gasteiger charge is -2.27. The Hall–Kier alpha value is -1.68. The third-order valence-electron chi connectivity index (χ3n) is 6.14. The van der Waals surface area contributed by atoms with Crippen molar-refractivity contribution in [3.8, 4) is 0 Å². The molecule has 3 rings (SSSR count). The zero-order valence-electron chi connectivity index (χ0n) is 20.3. The largest absolute Gasteiger partial charge is 0.379 e. The topological polar surface area (TPSA) is 52.1 Å². The number of ether oxygens (including phenoxy) is 1. The van der Waals surface area contributed by atoms with Crippen molar-refractivity contribution in [2.24, 2.45) is 4.99 Å². The van der Waals surface area contributed by atoms with E-state index in [0.717, 1.165) is 71.5 Å². The van der Waals surface area contributed by atoms with Gasteiger partial charge in [-0.25, -0.2) is 0 Å². The second-order valence-electron chi connectivity index (χ2n) is 8.17. The number of rotatable bonds is 10. The number of nitrogens with one attached hydrogen (secondary N) is 2. The van der Waals surface area contributed by atoms with Crippen LogP contribution in [0.3, 0.4) is 0 Å². The van der Waals surface area contributed by atoms with E-state index >= 15 is 0 Å². The van der Waals surface area contributed by atoms with Gasteiger partial charge in [-0.3, -0.25) is 14.8 Å². The first-order valence-corrected chi connectivity index (χ1v) is 11.8. The van der Waals surface area contributed by atoms with Crippen LogP contribution in [0.25, 0.3) is 0 Å². The third kappa shape index (κ3) is 8.88. The highest BCUT2D eigenvalue weighted by Gasteiger charge is 2.13. The first-order chi connectivity index (χ1) is 15.7. The van der Waals surface area contributed by atoms with E-state index in [0.29, 0.717) is 0 Å². The molecule has 1 heterocycles. The molecule has 0 radical (unpaired) electrons. The van der Waals surface area contributed by atoms with Gasteiger partial charge in [0.25, 0.3) is 0 Å². The molecule has 2 N–H and O–H groups in total. The monoisotopic (exact) mass is 565 g/mol. The summed E-state index contributed by atoms with van der Waals surface area (Å²) in [6.07, 6.45) is 0. The van der Waals surface area contributed by atoms with Gasteiger partial charge in [0.05, 0.1) is 13.2 Å². The zero-order chi connectivity index (χ0) is 22.6. The molecule has 0 spiro atoms. The minimum absolute atomic E-state index is 0. The maximum atomic E-state index is 5.49. The summed E-state index contributed by atoms with van der Waals surface area (Å²) in [6, 6.07) is 17.3. The quantitative estimate of drug-likeness (QED) is 0.261. The van der Waals surface area contributed by atoms with Crippen molar-refractivity contribution in [1.29, 1.82) is 0 Å². The summed E-state index contributed by atoms with van der Waals surface area (Å²) in [4.78, 5) is 9.35. The summed E-state index contributed by atoms with van der Waals surface area (Å²) in [5.74, 6) is 0.823. The zero-order valence-corrected chi connectivity index (χ0v) is 22.7. The third-order valence-corrected chi connectivity index (χ3v) is 6.14. The van der Waals surface area contributed by atoms with Crippen molar-refractivity contribution < 1.29 is 4.74 Å². The normalized spacial score (nSPS) is 14.7. The van der Waals surface area contributed by atoms with Crippen molar-refractivity contribution in [3.63, 3.8) is 0 Å². The molecule has 0 aliphatic carbocycles. The molecule has 0 aromatic heterocycles. The Labute approximate surface area is 216 Å². The maximum Gasteiger partial charge on any atom is 0.191 e. The fourth-order valence-electron chi connectivity index (χ4n) is 4.04. The molecule has 0 saturated carbocycles. The van der Waals surface area contributed by atoms with Crippen LogP contribution in [0.5, 0.6) is 0 Å². The number of nitrogens with zero attached hydrogens (tertiary/aromatic N) is 3. The van der Waals surface area contributed by atoms with E-state index in [1.54, 1.807) is 0 Å². The van der Waals surface area contributed by atoms with E-state index in [9.17, 15) is 0 Å². The van der Waals surface area contributed by atoms with Crippen LogP contribution in [-0.4, -0.2) is 62.2 Å². The Morgan fingerprint density at radius 3 is 1.94 bits per heavy atom. The van der Waals surface area contributed by atoms with Crippen LogP contribution in [-0.2, 0) is 30.9 Å². The van der Waals surface area contributed by atoms with Gasteiger partial charge in [0.15, 0.2) is 5.96 Å². The van der Waals surface area contributed by atoms with Gasteiger partial charge in [0.2, 0.25) is 0 Å². The molecule has 1 aliphatic rings.